The van der Waals surface area contributed by atoms with Gasteiger partial charge in [-0.05, 0) is 0 Å². The topological polar surface area (TPSA) is 108 Å². The SMILES string of the molecule is Nc1nc2c(nc3n2COCCO3)c(=O)[nH]1. The molecule has 2 aromatic rings. The molecule has 3 N–H and O–H groups in total. The summed E-state index contributed by atoms with van der Waals surface area (Å²) in [6.45, 7) is 1.13. The van der Waals surface area contributed by atoms with E-state index in [1.54, 1.807) is 4.57 Å². The predicted molar refractivity (Wildman–Crippen MR) is 54.0 cm³/mol. The highest BCUT2D eigenvalue weighted by Crippen LogP contribution is 2.19. The van der Waals surface area contributed by atoms with Crippen LogP contribution in [-0.4, -0.2) is 32.7 Å². The Kier molecular flexibility index (Phi) is 1.83. The first-order chi connectivity index (χ1) is 7.75. The monoisotopic (exact) mass is 223 g/mol. The molecule has 3 rings (SSSR count). The lowest BCUT2D eigenvalue weighted by Crippen LogP contribution is -2.12. The van der Waals surface area contributed by atoms with Crippen molar-refractivity contribution in [1.82, 2.24) is 19.5 Å². The second-order valence-corrected chi connectivity index (χ2v) is 3.33. The summed E-state index contributed by atoms with van der Waals surface area (Å²) in [5.41, 5.74) is 5.66. The quantitative estimate of drug-likeness (QED) is 0.597. The summed E-state index contributed by atoms with van der Waals surface area (Å²) in [7, 11) is 0. The second kappa shape index (κ2) is 3.20. The molecule has 84 valence electrons. The van der Waals surface area contributed by atoms with Crippen LogP contribution in [0.15, 0.2) is 4.79 Å². The average molecular weight is 223 g/mol. The smallest absolute Gasteiger partial charge is 0.300 e. The van der Waals surface area contributed by atoms with Crippen molar-refractivity contribution >= 4 is 17.1 Å². The summed E-state index contributed by atoms with van der Waals surface area (Å²) in [4.78, 5) is 22.0. The summed E-state index contributed by atoms with van der Waals surface area (Å²) >= 11 is 0. The minimum Gasteiger partial charge on any atom is -0.462 e. The summed E-state index contributed by atoms with van der Waals surface area (Å²) in [6, 6.07) is 0.330. The van der Waals surface area contributed by atoms with Gasteiger partial charge in [-0.25, -0.2) is 0 Å². The van der Waals surface area contributed by atoms with Crippen molar-refractivity contribution in [2.24, 2.45) is 0 Å². The van der Waals surface area contributed by atoms with Gasteiger partial charge in [0, 0.05) is 0 Å². The summed E-state index contributed by atoms with van der Waals surface area (Å²) in [5, 5.41) is 0. The minimum absolute atomic E-state index is 0.0458. The Bertz CT molecular complexity index is 601. The largest absolute Gasteiger partial charge is 0.462 e. The number of aromatic amines is 1. The number of nitrogens with one attached hydrogen (secondary N) is 1. The highest BCUT2D eigenvalue weighted by molar-refractivity contribution is 5.72. The van der Waals surface area contributed by atoms with Gasteiger partial charge in [0.15, 0.2) is 11.2 Å². The number of hydrogen-bond donors (Lipinski definition) is 2. The van der Waals surface area contributed by atoms with Gasteiger partial charge < -0.3 is 15.2 Å². The first-order valence-corrected chi connectivity index (χ1v) is 4.72. The molecule has 0 bridgehead atoms. The van der Waals surface area contributed by atoms with Crippen molar-refractivity contribution in [2.45, 2.75) is 6.73 Å². The predicted octanol–water partition coefficient (Wildman–Crippen LogP) is -0.932. The van der Waals surface area contributed by atoms with Crippen LogP contribution in [0.2, 0.25) is 0 Å². The van der Waals surface area contributed by atoms with Crippen LogP contribution >= 0.6 is 0 Å². The molecule has 3 heterocycles. The molecule has 0 saturated carbocycles. The molecule has 2 aromatic heterocycles. The molecule has 0 atom stereocenters. The van der Waals surface area contributed by atoms with Crippen LogP contribution in [0.1, 0.15) is 0 Å². The van der Waals surface area contributed by atoms with Gasteiger partial charge in [0.25, 0.3) is 5.56 Å². The zero-order valence-electron chi connectivity index (χ0n) is 8.27. The number of hydrogen-bond acceptors (Lipinski definition) is 6. The first kappa shape index (κ1) is 9.16. The number of fused-ring (bicyclic) bond motifs is 3. The van der Waals surface area contributed by atoms with Gasteiger partial charge in [0.2, 0.25) is 5.95 Å². The number of ether oxygens (including phenoxy) is 2. The molecular weight excluding hydrogens is 214 g/mol. The molecule has 0 radical (unpaired) electrons. The molecule has 0 unspecified atom stereocenters. The maximum atomic E-state index is 11.6. The van der Waals surface area contributed by atoms with E-state index in [9.17, 15) is 4.79 Å². The first-order valence-electron chi connectivity index (χ1n) is 4.72. The Labute approximate surface area is 89.0 Å². The summed E-state index contributed by atoms with van der Waals surface area (Å²) in [5.74, 6) is 0.0458. The van der Waals surface area contributed by atoms with Crippen molar-refractivity contribution in [1.29, 1.82) is 0 Å². The maximum absolute atomic E-state index is 11.6. The van der Waals surface area contributed by atoms with Crippen molar-refractivity contribution in [2.75, 3.05) is 18.9 Å². The van der Waals surface area contributed by atoms with Gasteiger partial charge in [0.05, 0.1) is 6.61 Å². The zero-order chi connectivity index (χ0) is 11.1. The van der Waals surface area contributed by atoms with Crippen LogP contribution in [-0.2, 0) is 11.5 Å². The number of aromatic nitrogens is 4. The Morgan fingerprint density at radius 2 is 2.25 bits per heavy atom. The lowest BCUT2D eigenvalue weighted by Gasteiger charge is -2.01. The van der Waals surface area contributed by atoms with Crippen molar-refractivity contribution in [3.8, 4) is 6.01 Å². The number of nitrogens with two attached hydrogens (primary N) is 1. The van der Waals surface area contributed by atoms with E-state index in [1.165, 1.54) is 0 Å². The normalized spacial score (nSPS) is 15.5. The van der Waals surface area contributed by atoms with E-state index in [-0.39, 0.29) is 23.8 Å². The van der Waals surface area contributed by atoms with E-state index in [0.717, 1.165) is 0 Å². The highest BCUT2D eigenvalue weighted by Gasteiger charge is 2.18. The Morgan fingerprint density at radius 1 is 1.38 bits per heavy atom. The summed E-state index contributed by atoms with van der Waals surface area (Å²) in [6.07, 6.45) is 0. The van der Waals surface area contributed by atoms with Crippen LogP contribution in [0.4, 0.5) is 5.95 Å². The van der Waals surface area contributed by atoms with E-state index in [1.807, 2.05) is 0 Å². The molecule has 0 amide bonds. The molecule has 8 nitrogen and oxygen atoms in total. The molecule has 0 fully saturated rings. The van der Waals surface area contributed by atoms with E-state index < -0.39 is 0 Å². The van der Waals surface area contributed by atoms with Crippen LogP contribution in [0.5, 0.6) is 6.01 Å². The molecule has 0 saturated heterocycles. The van der Waals surface area contributed by atoms with Gasteiger partial charge in [-0.1, -0.05) is 0 Å². The minimum atomic E-state index is -0.383. The van der Waals surface area contributed by atoms with Gasteiger partial charge in [0.1, 0.15) is 13.3 Å². The highest BCUT2D eigenvalue weighted by atomic mass is 16.6. The van der Waals surface area contributed by atoms with E-state index in [2.05, 4.69) is 15.0 Å². The van der Waals surface area contributed by atoms with E-state index >= 15 is 0 Å². The molecule has 0 aromatic carbocycles. The number of H-pyrrole nitrogens is 1. The molecule has 8 heteroatoms. The maximum Gasteiger partial charge on any atom is 0.300 e. The molecular formula is C8H9N5O3. The van der Waals surface area contributed by atoms with Gasteiger partial charge in [-0.3, -0.25) is 14.3 Å². The second-order valence-electron chi connectivity index (χ2n) is 3.33. The lowest BCUT2D eigenvalue weighted by molar-refractivity contribution is 0.0816. The van der Waals surface area contributed by atoms with Gasteiger partial charge in [-0.2, -0.15) is 9.97 Å². The third-order valence-electron chi connectivity index (χ3n) is 2.27. The molecule has 1 aliphatic heterocycles. The molecule has 0 aliphatic carbocycles. The average Bonchev–Trinajstić information content (AvgIpc) is 2.46. The lowest BCUT2D eigenvalue weighted by atomic mass is 10.5. The van der Waals surface area contributed by atoms with E-state index in [4.69, 9.17) is 15.2 Å². The van der Waals surface area contributed by atoms with Crippen LogP contribution in [0.3, 0.4) is 0 Å². The van der Waals surface area contributed by atoms with Gasteiger partial charge in [-0.15, -0.1) is 0 Å². The fourth-order valence-electron chi connectivity index (χ4n) is 1.58. The number of imidazole rings is 1. The van der Waals surface area contributed by atoms with Gasteiger partial charge >= 0.3 is 6.01 Å². The molecule has 0 spiro atoms. The van der Waals surface area contributed by atoms with Crippen molar-refractivity contribution < 1.29 is 9.47 Å². The number of rotatable bonds is 0. The Hall–Kier alpha value is -2.09. The fraction of sp³-hybridized carbons (Fsp3) is 0.375. The molecule has 16 heavy (non-hydrogen) atoms. The van der Waals surface area contributed by atoms with E-state index in [0.29, 0.717) is 24.9 Å². The van der Waals surface area contributed by atoms with Crippen LogP contribution < -0.4 is 16.0 Å². The number of nitrogen functional groups attached to an aromatic ring is 1. The standard InChI is InChI=1S/C8H9N5O3/c9-7-11-5-4(6(14)12-7)10-8-13(5)3-15-1-2-16-8/h1-3H2,(H3,9,11,12,14). The van der Waals surface area contributed by atoms with Crippen LogP contribution in [0.25, 0.3) is 11.2 Å². The Morgan fingerprint density at radius 3 is 3.12 bits per heavy atom. The third kappa shape index (κ3) is 1.23. The van der Waals surface area contributed by atoms with Crippen LogP contribution in [0, 0.1) is 0 Å². The number of anilines is 1. The zero-order valence-corrected chi connectivity index (χ0v) is 8.27. The van der Waals surface area contributed by atoms with Crippen molar-refractivity contribution in [3.05, 3.63) is 10.4 Å². The third-order valence-corrected chi connectivity index (χ3v) is 2.27. The fourth-order valence-corrected chi connectivity index (χ4v) is 1.58. The molecule has 1 aliphatic rings. The van der Waals surface area contributed by atoms with Crippen molar-refractivity contribution in [3.63, 3.8) is 0 Å². The summed E-state index contributed by atoms with van der Waals surface area (Å²) < 4.78 is 12.2. The number of nitrogens with zero attached hydrogens (tertiary/aromatic N) is 3. The Balaban J connectivity index is 2.34.